The van der Waals surface area contributed by atoms with Crippen molar-refractivity contribution in [3.05, 3.63) is 35.1 Å². The highest BCUT2D eigenvalue weighted by atomic mass is 35.5. The monoisotopic (exact) mass is 258 g/mol. The molecule has 1 atom stereocenters. The van der Waals surface area contributed by atoms with Crippen LogP contribution in [0, 0.1) is 12.7 Å². The van der Waals surface area contributed by atoms with Gasteiger partial charge in [0.15, 0.2) is 0 Å². The molecule has 0 saturated carbocycles. The smallest absolute Gasteiger partial charge is 0.254 e. The summed E-state index contributed by atoms with van der Waals surface area (Å²) in [6, 6.07) is 4.68. The van der Waals surface area contributed by atoms with E-state index in [1.54, 1.807) is 12.1 Å². The molecule has 1 aliphatic heterocycles. The number of amides is 1. The van der Waals surface area contributed by atoms with Crippen molar-refractivity contribution in [1.82, 2.24) is 10.6 Å². The Labute approximate surface area is 106 Å². The molecule has 3 nitrogen and oxygen atoms in total. The molecule has 1 aromatic rings. The molecule has 5 heteroatoms. The minimum atomic E-state index is -0.464. The lowest BCUT2D eigenvalue weighted by molar-refractivity contribution is 0.0936. The maximum atomic E-state index is 13.4. The number of aryl methyl sites for hydroxylation is 1. The zero-order valence-corrected chi connectivity index (χ0v) is 10.4. The quantitative estimate of drug-likeness (QED) is 0.847. The minimum absolute atomic E-state index is 0. The van der Waals surface area contributed by atoms with Gasteiger partial charge in [-0.15, -0.1) is 12.4 Å². The largest absolute Gasteiger partial charge is 0.348 e. The molecule has 0 bridgehead atoms. The molecule has 1 unspecified atom stereocenters. The Morgan fingerprint density at radius 2 is 2.29 bits per heavy atom. The van der Waals surface area contributed by atoms with Gasteiger partial charge in [-0.3, -0.25) is 4.79 Å². The number of benzene rings is 1. The predicted octanol–water partition coefficient (Wildman–Crippen LogP) is 1.65. The van der Waals surface area contributed by atoms with Crippen molar-refractivity contribution < 1.29 is 9.18 Å². The fraction of sp³-hybridized carbons (Fsp3) is 0.417. The Morgan fingerprint density at radius 3 is 2.94 bits per heavy atom. The lowest BCUT2D eigenvalue weighted by atomic mass is 10.1. The first-order valence-electron chi connectivity index (χ1n) is 5.44. The van der Waals surface area contributed by atoms with Gasteiger partial charge in [0.2, 0.25) is 0 Å². The molecular formula is C12H16ClFN2O. The third kappa shape index (κ3) is 3.41. The van der Waals surface area contributed by atoms with Crippen LogP contribution in [0.15, 0.2) is 18.2 Å². The summed E-state index contributed by atoms with van der Waals surface area (Å²) in [6.45, 7) is 3.51. The highest BCUT2D eigenvalue weighted by molar-refractivity contribution is 5.94. The lowest BCUT2D eigenvalue weighted by Crippen LogP contribution is -2.36. The van der Waals surface area contributed by atoms with E-state index >= 15 is 0 Å². The first-order chi connectivity index (χ1) is 7.66. The zero-order valence-electron chi connectivity index (χ0n) is 9.63. The fourth-order valence-corrected chi connectivity index (χ4v) is 1.85. The van der Waals surface area contributed by atoms with E-state index in [0.717, 1.165) is 25.1 Å². The Morgan fingerprint density at radius 1 is 1.53 bits per heavy atom. The summed E-state index contributed by atoms with van der Waals surface area (Å²) in [6.07, 6.45) is 0.902. The minimum Gasteiger partial charge on any atom is -0.348 e. The van der Waals surface area contributed by atoms with Crippen LogP contribution in [0.5, 0.6) is 0 Å². The SMILES string of the molecule is Cc1ccc(F)c(C(=O)NC2CCNC2)c1.Cl. The van der Waals surface area contributed by atoms with Gasteiger partial charge in [-0.25, -0.2) is 4.39 Å². The highest BCUT2D eigenvalue weighted by Crippen LogP contribution is 2.10. The van der Waals surface area contributed by atoms with Crippen molar-refractivity contribution in [2.75, 3.05) is 13.1 Å². The van der Waals surface area contributed by atoms with E-state index < -0.39 is 5.82 Å². The molecule has 1 amide bonds. The van der Waals surface area contributed by atoms with Crippen molar-refractivity contribution in [2.24, 2.45) is 0 Å². The van der Waals surface area contributed by atoms with Gasteiger partial charge in [0.05, 0.1) is 5.56 Å². The van der Waals surface area contributed by atoms with Crippen LogP contribution in [0.3, 0.4) is 0 Å². The molecule has 0 radical (unpaired) electrons. The van der Waals surface area contributed by atoms with Crippen LogP contribution in [-0.2, 0) is 0 Å². The van der Waals surface area contributed by atoms with Gasteiger partial charge in [0.1, 0.15) is 5.82 Å². The summed E-state index contributed by atoms with van der Waals surface area (Å²) < 4.78 is 13.4. The molecule has 94 valence electrons. The molecule has 0 spiro atoms. The van der Waals surface area contributed by atoms with Gasteiger partial charge in [-0.1, -0.05) is 11.6 Å². The summed E-state index contributed by atoms with van der Waals surface area (Å²) in [5, 5.41) is 5.97. The van der Waals surface area contributed by atoms with Gasteiger partial charge in [0, 0.05) is 12.6 Å². The van der Waals surface area contributed by atoms with E-state index in [9.17, 15) is 9.18 Å². The average molecular weight is 259 g/mol. The summed E-state index contributed by atoms with van der Waals surface area (Å²) in [5.41, 5.74) is 1.02. The molecule has 2 rings (SSSR count). The summed E-state index contributed by atoms with van der Waals surface area (Å²) >= 11 is 0. The van der Waals surface area contributed by atoms with Crippen LogP contribution in [0.2, 0.25) is 0 Å². The van der Waals surface area contributed by atoms with E-state index in [1.807, 2.05) is 6.92 Å². The van der Waals surface area contributed by atoms with Gasteiger partial charge in [0.25, 0.3) is 5.91 Å². The Hall–Kier alpha value is -1.13. The number of rotatable bonds is 2. The first kappa shape index (κ1) is 13.9. The normalized spacial score (nSPS) is 18.6. The van der Waals surface area contributed by atoms with Crippen molar-refractivity contribution in [1.29, 1.82) is 0 Å². The number of carbonyl (C=O) groups excluding carboxylic acids is 1. The van der Waals surface area contributed by atoms with E-state index in [4.69, 9.17) is 0 Å². The first-order valence-corrected chi connectivity index (χ1v) is 5.44. The Bertz CT molecular complexity index is 405. The summed E-state index contributed by atoms with van der Waals surface area (Å²) in [4.78, 5) is 11.8. The second-order valence-corrected chi connectivity index (χ2v) is 4.15. The van der Waals surface area contributed by atoms with Gasteiger partial charge in [-0.2, -0.15) is 0 Å². The van der Waals surface area contributed by atoms with Crippen molar-refractivity contribution >= 4 is 18.3 Å². The Balaban J connectivity index is 0.00000144. The van der Waals surface area contributed by atoms with Crippen LogP contribution in [0.25, 0.3) is 0 Å². The average Bonchev–Trinajstić information content (AvgIpc) is 2.74. The summed E-state index contributed by atoms with van der Waals surface area (Å²) in [5.74, 6) is -0.788. The maximum Gasteiger partial charge on any atom is 0.254 e. The lowest BCUT2D eigenvalue weighted by Gasteiger charge is -2.12. The molecule has 1 heterocycles. The molecule has 1 aliphatic rings. The van der Waals surface area contributed by atoms with Crippen molar-refractivity contribution in [3.8, 4) is 0 Å². The zero-order chi connectivity index (χ0) is 11.5. The van der Waals surface area contributed by atoms with Gasteiger partial charge in [-0.05, 0) is 32.0 Å². The molecule has 17 heavy (non-hydrogen) atoms. The fourth-order valence-electron chi connectivity index (χ4n) is 1.85. The van der Waals surface area contributed by atoms with Crippen molar-refractivity contribution in [2.45, 2.75) is 19.4 Å². The van der Waals surface area contributed by atoms with Crippen LogP contribution in [-0.4, -0.2) is 25.0 Å². The second-order valence-electron chi connectivity index (χ2n) is 4.15. The van der Waals surface area contributed by atoms with Gasteiger partial charge < -0.3 is 10.6 Å². The van der Waals surface area contributed by atoms with Crippen LogP contribution >= 0.6 is 12.4 Å². The van der Waals surface area contributed by atoms with Crippen LogP contribution in [0.1, 0.15) is 22.3 Å². The standard InChI is InChI=1S/C12H15FN2O.ClH/c1-8-2-3-11(13)10(6-8)12(16)15-9-4-5-14-7-9;/h2-3,6,9,14H,4-5,7H2,1H3,(H,15,16);1H. The third-order valence-electron chi connectivity index (χ3n) is 2.76. The van der Waals surface area contributed by atoms with E-state index in [0.29, 0.717) is 0 Å². The number of halogens is 2. The highest BCUT2D eigenvalue weighted by Gasteiger charge is 2.19. The molecule has 1 saturated heterocycles. The number of hydrogen-bond acceptors (Lipinski definition) is 2. The Kier molecular flexibility index (Phi) is 4.90. The molecule has 1 aromatic carbocycles. The van der Waals surface area contributed by atoms with E-state index in [1.165, 1.54) is 6.07 Å². The molecule has 1 fully saturated rings. The molecule has 0 aliphatic carbocycles. The van der Waals surface area contributed by atoms with Crippen LogP contribution < -0.4 is 10.6 Å². The van der Waals surface area contributed by atoms with Crippen LogP contribution in [0.4, 0.5) is 4.39 Å². The van der Waals surface area contributed by atoms with E-state index in [2.05, 4.69) is 10.6 Å². The maximum absolute atomic E-state index is 13.4. The number of nitrogens with one attached hydrogen (secondary N) is 2. The molecular weight excluding hydrogens is 243 g/mol. The van der Waals surface area contributed by atoms with Crippen molar-refractivity contribution in [3.63, 3.8) is 0 Å². The number of hydrogen-bond donors (Lipinski definition) is 2. The second kappa shape index (κ2) is 5.98. The molecule has 0 aromatic heterocycles. The third-order valence-corrected chi connectivity index (χ3v) is 2.76. The number of carbonyl (C=O) groups is 1. The summed E-state index contributed by atoms with van der Waals surface area (Å²) in [7, 11) is 0. The van der Waals surface area contributed by atoms with E-state index in [-0.39, 0.29) is 29.9 Å². The topological polar surface area (TPSA) is 41.1 Å². The molecule has 2 N–H and O–H groups in total. The van der Waals surface area contributed by atoms with Gasteiger partial charge >= 0.3 is 0 Å². The predicted molar refractivity (Wildman–Crippen MR) is 67.1 cm³/mol.